The van der Waals surface area contributed by atoms with Crippen LogP contribution in [0, 0.1) is 0 Å². The molecular formula is C30H27N3O3. The highest BCUT2D eigenvalue weighted by Crippen LogP contribution is 2.25. The van der Waals surface area contributed by atoms with Gasteiger partial charge in [-0.2, -0.15) is 0 Å². The third-order valence-electron chi connectivity index (χ3n) is 5.75. The molecule has 0 spiro atoms. The summed E-state index contributed by atoms with van der Waals surface area (Å²) >= 11 is 0. The molecule has 0 bridgehead atoms. The van der Waals surface area contributed by atoms with Gasteiger partial charge in [0.05, 0.1) is 18.4 Å². The van der Waals surface area contributed by atoms with Crippen molar-refractivity contribution in [3.8, 4) is 11.1 Å². The van der Waals surface area contributed by atoms with Gasteiger partial charge in [0, 0.05) is 37.6 Å². The van der Waals surface area contributed by atoms with Crippen LogP contribution in [0.3, 0.4) is 0 Å². The van der Waals surface area contributed by atoms with E-state index in [1.165, 1.54) is 6.08 Å². The van der Waals surface area contributed by atoms with E-state index in [0.717, 1.165) is 28.5 Å². The first-order chi connectivity index (χ1) is 17.4. The van der Waals surface area contributed by atoms with Crippen LogP contribution in [0.4, 0.5) is 11.4 Å². The van der Waals surface area contributed by atoms with Crippen LogP contribution in [0.15, 0.2) is 103 Å². The maximum atomic E-state index is 13.5. The van der Waals surface area contributed by atoms with E-state index >= 15 is 0 Å². The molecule has 3 aromatic carbocycles. The van der Waals surface area contributed by atoms with Crippen LogP contribution in [-0.4, -0.2) is 36.1 Å². The van der Waals surface area contributed by atoms with Crippen LogP contribution in [0.5, 0.6) is 0 Å². The molecule has 36 heavy (non-hydrogen) atoms. The number of nitrogens with zero attached hydrogens (tertiary/aromatic N) is 3. The van der Waals surface area contributed by atoms with Gasteiger partial charge in [-0.05, 0) is 58.7 Å². The summed E-state index contributed by atoms with van der Waals surface area (Å²) in [7, 11) is 4.03. The highest BCUT2D eigenvalue weighted by Gasteiger charge is 2.19. The topological polar surface area (TPSA) is 73.7 Å². The average molecular weight is 478 g/mol. The number of hydrogen-bond donors (Lipinski definition) is 1. The lowest BCUT2D eigenvalue weighted by atomic mass is 10.0. The summed E-state index contributed by atoms with van der Waals surface area (Å²) in [5, 5.41) is 8.95. The molecule has 0 saturated carbocycles. The van der Waals surface area contributed by atoms with Crippen LogP contribution in [-0.2, 0) is 11.3 Å². The first kappa shape index (κ1) is 24.4. The number of aliphatic carboxylic acids is 1. The Hall–Kier alpha value is -4.71. The van der Waals surface area contributed by atoms with Crippen molar-refractivity contribution in [2.75, 3.05) is 23.9 Å². The van der Waals surface area contributed by atoms with E-state index < -0.39 is 5.97 Å². The van der Waals surface area contributed by atoms with Gasteiger partial charge < -0.3 is 14.9 Å². The van der Waals surface area contributed by atoms with Gasteiger partial charge in [-0.15, -0.1) is 0 Å². The van der Waals surface area contributed by atoms with Crippen LogP contribution in [0.1, 0.15) is 21.5 Å². The summed E-state index contributed by atoms with van der Waals surface area (Å²) in [5.74, 6) is -1.21. The zero-order chi connectivity index (χ0) is 25.5. The first-order valence-corrected chi connectivity index (χ1v) is 11.5. The second-order valence-corrected chi connectivity index (χ2v) is 8.54. The summed E-state index contributed by atoms with van der Waals surface area (Å²) in [6.45, 7) is 0.335. The fourth-order valence-electron chi connectivity index (χ4n) is 3.81. The van der Waals surface area contributed by atoms with Gasteiger partial charge in [-0.3, -0.25) is 9.78 Å². The molecule has 0 atom stereocenters. The lowest BCUT2D eigenvalue weighted by molar-refractivity contribution is -0.131. The number of carbonyl (C=O) groups excluding carboxylic acids is 1. The zero-order valence-electron chi connectivity index (χ0n) is 20.2. The highest BCUT2D eigenvalue weighted by atomic mass is 16.4. The normalized spacial score (nSPS) is 10.8. The molecular weight excluding hydrogens is 450 g/mol. The Morgan fingerprint density at radius 3 is 2.08 bits per heavy atom. The molecule has 1 aromatic heterocycles. The van der Waals surface area contributed by atoms with Gasteiger partial charge in [-0.25, -0.2) is 4.79 Å². The van der Waals surface area contributed by atoms with Gasteiger partial charge in [0.2, 0.25) is 0 Å². The van der Waals surface area contributed by atoms with Crippen molar-refractivity contribution in [3.05, 3.63) is 120 Å². The molecule has 0 unspecified atom stereocenters. The molecule has 6 heteroatoms. The van der Waals surface area contributed by atoms with Crippen molar-refractivity contribution in [2.45, 2.75) is 6.54 Å². The first-order valence-electron chi connectivity index (χ1n) is 11.5. The van der Waals surface area contributed by atoms with Gasteiger partial charge in [0.15, 0.2) is 0 Å². The van der Waals surface area contributed by atoms with E-state index in [4.69, 9.17) is 5.11 Å². The molecule has 0 fully saturated rings. The molecule has 0 aliphatic carbocycles. The molecule has 180 valence electrons. The van der Waals surface area contributed by atoms with E-state index in [-0.39, 0.29) is 5.91 Å². The van der Waals surface area contributed by atoms with Crippen molar-refractivity contribution >= 4 is 29.3 Å². The molecule has 0 aliphatic heterocycles. The minimum Gasteiger partial charge on any atom is -0.478 e. The molecule has 1 heterocycles. The van der Waals surface area contributed by atoms with E-state index in [2.05, 4.69) is 46.3 Å². The minimum atomic E-state index is -1.05. The average Bonchev–Trinajstić information content (AvgIpc) is 2.91. The summed E-state index contributed by atoms with van der Waals surface area (Å²) < 4.78 is 0. The largest absolute Gasteiger partial charge is 0.478 e. The maximum Gasteiger partial charge on any atom is 0.328 e. The summed E-state index contributed by atoms with van der Waals surface area (Å²) in [5.41, 5.74) is 6.04. The number of carboxylic acid groups (broad SMARTS) is 1. The monoisotopic (exact) mass is 477 g/mol. The third kappa shape index (κ3) is 6.04. The molecule has 0 saturated heterocycles. The summed E-state index contributed by atoms with van der Waals surface area (Å²) in [6, 6.07) is 27.3. The second-order valence-electron chi connectivity index (χ2n) is 8.54. The molecule has 1 amide bonds. The van der Waals surface area contributed by atoms with Crippen molar-refractivity contribution in [2.24, 2.45) is 0 Å². The quantitative estimate of drug-likeness (QED) is 0.327. The van der Waals surface area contributed by atoms with Gasteiger partial charge in [-0.1, -0.05) is 54.6 Å². The van der Waals surface area contributed by atoms with Crippen molar-refractivity contribution in [1.82, 2.24) is 4.98 Å². The maximum absolute atomic E-state index is 13.5. The minimum absolute atomic E-state index is 0.167. The Morgan fingerprint density at radius 2 is 1.47 bits per heavy atom. The Labute approximate surface area is 210 Å². The van der Waals surface area contributed by atoms with Gasteiger partial charge in [0.25, 0.3) is 5.91 Å². The number of carbonyl (C=O) groups is 2. The number of amides is 1. The Kier molecular flexibility index (Phi) is 7.56. The standard InChI is InChI=1S/C30H27N3O3/c1-32(2)27-15-13-25(14-16-27)24-11-8-22(9-12-24)21-33(30(36)26-6-4-3-5-7-26)28-18-23(19-31-20-28)10-17-29(34)35/h3-20H,21H2,1-2H3,(H,34,35). The highest BCUT2D eigenvalue weighted by molar-refractivity contribution is 6.06. The summed E-state index contributed by atoms with van der Waals surface area (Å²) in [6.07, 6.45) is 5.68. The van der Waals surface area contributed by atoms with E-state index in [1.54, 1.807) is 35.5 Å². The smallest absolute Gasteiger partial charge is 0.328 e. The lowest BCUT2D eigenvalue weighted by Gasteiger charge is -2.23. The summed E-state index contributed by atoms with van der Waals surface area (Å²) in [4.78, 5) is 32.4. The van der Waals surface area contributed by atoms with Crippen LogP contribution >= 0.6 is 0 Å². The predicted octanol–water partition coefficient (Wildman–Crippen LogP) is 5.76. The number of aromatic nitrogens is 1. The van der Waals surface area contributed by atoms with Crippen molar-refractivity contribution < 1.29 is 14.7 Å². The molecule has 1 N–H and O–H groups in total. The Morgan fingerprint density at radius 1 is 0.833 bits per heavy atom. The lowest BCUT2D eigenvalue weighted by Crippen LogP contribution is -2.30. The molecule has 6 nitrogen and oxygen atoms in total. The van der Waals surface area contributed by atoms with Gasteiger partial charge in [0.1, 0.15) is 0 Å². The third-order valence-corrected chi connectivity index (χ3v) is 5.75. The molecule has 0 aliphatic rings. The molecule has 4 rings (SSSR count). The number of anilines is 2. The van der Waals surface area contributed by atoms with E-state index in [0.29, 0.717) is 23.4 Å². The molecule has 4 aromatic rings. The number of benzene rings is 3. The number of rotatable bonds is 8. The molecule has 0 radical (unpaired) electrons. The Bertz CT molecular complexity index is 1360. The van der Waals surface area contributed by atoms with Crippen LogP contribution in [0.25, 0.3) is 17.2 Å². The number of pyridine rings is 1. The van der Waals surface area contributed by atoms with E-state index in [9.17, 15) is 9.59 Å². The van der Waals surface area contributed by atoms with E-state index in [1.807, 2.05) is 44.4 Å². The fourth-order valence-corrected chi connectivity index (χ4v) is 3.81. The fraction of sp³-hybridized carbons (Fsp3) is 0.100. The Balaban J connectivity index is 1.62. The van der Waals surface area contributed by atoms with Gasteiger partial charge >= 0.3 is 5.97 Å². The zero-order valence-corrected chi connectivity index (χ0v) is 20.2. The van der Waals surface area contributed by atoms with Crippen LogP contribution in [0.2, 0.25) is 0 Å². The predicted molar refractivity (Wildman–Crippen MR) is 144 cm³/mol. The van der Waals surface area contributed by atoms with Crippen molar-refractivity contribution in [1.29, 1.82) is 0 Å². The number of hydrogen-bond acceptors (Lipinski definition) is 4. The van der Waals surface area contributed by atoms with Crippen LogP contribution < -0.4 is 9.80 Å². The second kappa shape index (κ2) is 11.1. The number of carboxylic acids is 1. The SMILES string of the molecule is CN(C)c1ccc(-c2ccc(CN(C(=O)c3ccccc3)c3cncc(C=CC(=O)O)c3)cc2)cc1. The van der Waals surface area contributed by atoms with Crippen molar-refractivity contribution in [3.63, 3.8) is 0 Å².